The predicted molar refractivity (Wildman–Crippen MR) is 302 cm³/mol. The summed E-state index contributed by atoms with van der Waals surface area (Å²) in [6.45, 7) is 26.0. The van der Waals surface area contributed by atoms with Crippen molar-refractivity contribution in [3.63, 3.8) is 0 Å². The molecule has 9 aromatic carbocycles. The monoisotopic (exact) mass is 933 g/mol. The summed E-state index contributed by atoms with van der Waals surface area (Å²) in [6, 6.07) is 59.1. The number of hydrogen-bond donors (Lipinski definition) is 0. The number of para-hydroxylation sites is 2. The van der Waals surface area contributed by atoms with E-state index in [9.17, 15) is 0 Å². The van der Waals surface area contributed by atoms with Crippen molar-refractivity contribution in [3.05, 3.63) is 208 Å². The third kappa shape index (κ3) is 5.57. The van der Waals surface area contributed by atoms with Crippen LogP contribution in [0.1, 0.15) is 112 Å². The van der Waals surface area contributed by atoms with E-state index in [1.54, 1.807) is 0 Å². The molecule has 3 aliphatic carbocycles. The summed E-state index contributed by atoms with van der Waals surface area (Å²) in [5, 5.41) is 4.75. The fourth-order valence-corrected chi connectivity index (χ4v) is 13.9. The molecule has 3 aliphatic rings. The van der Waals surface area contributed by atoms with Gasteiger partial charge in [-0.2, -0.15) is 0 Å². The maximum absolute atomic E-state index is 7.01. The Morgan fingerprint density at radius 3 is 1.61 bits per heavy atom. The Kier molecular flexibility index (Phi) is 8.57. The van der Waals surface area contributed by atoms with Gasteiger partial charge in [0.15, 0.2) is 0 Å². The molecular weight excluding hydrogens is 875 g/mol. The molecule has 0 spiro atoms. The highest BCUT2D eigenvalue weighted by Crippen LogP contribution is 2.64. The van der Waals surface area contributed by atoms with Gasteiger partial charge in [0.2, 0.25) is 0 Å². The average Bonchev–Trinajstić information content (AvgIpc) is 4.11. The van der Waals surface area contributed by atoms with Gasteiger partial charge in [-0.1, -0.05) is 177 Å². The van der Waals surface area contributed by atoms with E-state index in [1.807, 2.05) is 0 Å². The van der Waals surface area contributed by atoms with Gasteiger partial charge in [-0.15, -0.1) is 0 Å². The van der Waals surface area contributed by atoms with Gasteiger partial charge in [0.05, 0.1) is 0 Å². The van der Waals surface area contributed by atoms with Crippen LogP contribution in [-0.4, -0.2) is 0 Å². The molecule has 0 N–H and O–H groups in total. The molecule has 72 heavy (non-hydrogen) atoms. The van der Waals surface area contributed by atoms with Crippen molar-refractivity contribution in [1.82, 2.24) is 0 Å². The fraction of sp³-hybridized carbons (Fsp3) is 0.217. The maximum Gasteiger partial charge on any atom is 0.144 e. The third-order valence-corrected chi connectivity index (χ3v) is 17.3. The average molecular weight is 934 g/mol. The maximum atomic E-state index is 7.01. The summed E-state index contributed by atoms with van der Waals surface area (Å²) in [6.07, 6.45) is 0. The van der Waals surface area contributed by atoms with Gasteiger partial charge in [-0.3, -0.25) is 0 Å². The van der Waals surface area contributed by atoms with Gasteiger partial charge in [0.25, 0.3) is 0 Å². The van der Waals surface area contributed by atoms with Crippen molar-refractivity contribution in [2.24, 2.45) is 0 Å². The second-order valence-electron chi connectivity index (χ2n) is 23.8. The first-order chi connectivity index (χ1) is 34.5. The van der Waals surface area contributed by atoms with Crippen molar-refractivity contribution in [2.75, 3.05) is 4.90 Å². The van der Waals surface area contributed by atoms with Gasteiger partial charge in [-0.05, 0) is 146 Å². The number of nitrogens with zero attached hydrogens (tertiary/aromatic N) is 1. The van der Waals surface area contributed by atoms with Gasteiger partial charge in [0, 0.05) is 66.0 Å². The van der Waals surface area contributed by atoms with Gasteiger partial charge < -0.3 is 13.7 Å². The van der Waals surface area contributed by atoms with E-state index in [-0.39, 0.29) is 21.7 Å². The van der Waals surface area contributed by atoms with Gasteiger partial charge in [0.1, 0.15) is 22.3 Å². The fourth-order valence-electron chi connectivity index (χ4n) is 13.9. The zero-order valence-electron chi connectivity index (χ0n) is 43.3. The zero-order valence-corrected chi connectivity index (χ0v) is 43.3. The standard InChI is InChI=1S/C69H59NO2/c1-38-28-33-54(39(2)34-38)70(40-29-31-44-51(35-40)67(6,7)53-37-48(42-20-12-16-24-49(42)66(3,4)5)64-59(57(44)53)46-22-14-18-26-55(46)71-64)41-30-32-45-52(36-41)69(10,11)62-58(45)60-47-23-15-19-27-56(47)72-65(60)61-43-21-13-17-25-50(43)68(8,9)63(61)62/h12-37H,1-11H3. The van der Waals surface area contributed by atoms with Gasteiger partial charge in [-0.25, -0.2) is 0 Å². The molecule has 2 aromatic heterocycles. The van der Waals surface area contributed by atoms with Crippen LogP contribution in [0.15, 0.2) is 167 Å². The first-order valence-corrected chi connectivity index (χ1v) is 25.8. The van der Waals surface area contributed by atoms with E-state index in [2.05, 4.69) is 239 Å². The lowest BCUT2D eigenvalue weighted by Gasteiger charge is -2.32. The lowest BCUT2D eigenvalue weighted by atomic mass is 9.72. The van der Waals surface area contributed by atoms with Crippen molar-refractivity contribution < 1.29 is 8.83 Å². The first-order valence-electron chi connectivity index (χ1n) is 25.8. The van der Waals surface area contributed by atoms with Crippen LogP contribution in [0.2, 0.25) is 0 Å². The molecule has 0 saturated carbocycles. The second-order valence-corrected chi connectivity index (χ2v) is 23.8. The van der Waals surface area contributed by atoms with Crippen LogP contribution in [0.25, 0.3) is 88.4 Å². The number of hydrogen-bond acceptors (Lipinski definition) is 3. The molecule has 3 heteroatoms. The summed E-state index contributed by atoms with van der Waals surface area (Å²) in [5.41, 5.74) is 28.4. The summed E-state index contributed by atoms with van der Waals surface area (Å²) >= 11 is 0. The van der Waals surface area contributed by atoms with Crippen LogP contribution in [0.3, 0.4) is 0 Å². The Hall–Kier alpha value is -7.62. The predicted octanol–water partition coefficient (Wildman–Crippen LogP) is 19.5. The molecule has 0 atom stereocenters. The lowest BCUT2D eigenvalue weighted by molar-refractivity contribution is 0.591. The Morgan fingerprint density at radius 1 is 0.417 bits per heavy atom. The summed E-state index contributed by atoms with van der Waals surface area (Å²) in [4.78, 5) is 2.52. The summed E-state index contributed by atoms with van der Waals surface area (Å²) < 4.78 is 14.0. The smallest absolute Gasteiger partial charge is 0.144 e. The number of anilines is 3. The van der Waals surface area contributed by atoms with E-state index in [0.717, 1.165) is 44.7 Å². The Balaban J connectivity index is 0.992. The molecule has 0 fully saturated rings. The van der Waals surface area contributed by atoms with E-state index in [1.165, 1.54) is 111 Å². The van der Waals surface area contributed by atoms with Crippen LogP contribution >= 0.6 is 0 Å². The van der Waals surface area contributed by atoms with Crippen molar-refractivity contribution >= 4 is 60.9 Å². The van der Waals surface area contributed by atoms with Crippen LogP contribution in [-0.2, 0) is 21.7 Å². The van der Waals surface area contributed by atoms with E-state index < -0.39 is 0 Å². The minimum Gasteiger partial charge on any atom is -0.455 e. The van der Waals surface area contributed by atoms with E-state index >= 15 is 0 Å². The summed E-state index contributed by atoms with van der Waals surface area (Å²) in [5.74, 6) is 0. The molecule has 0 unspecified atom stereocenters. The Labute approximate surface area is 422 Å². The molecule has 0 amide bonds. The van der Waals surface area contributed by atoms with E-state index in [4.69, 9.17) is 8.83 Å². The highest BCUT2D eigenvalue weighted by atomic mass is 16.3. The first kappa shape index (κ1) is 43.2. The van der Waals surface area contributed by atoms with Gasteiger partial charge >= 0.3 is 0 Å². The van der Waals surface area contributed by atoms with Crippen LogP contribution in [0.5, 0.6) is 0 Å². The van der Waals surface area contributed by atoms with Crippen molar-refractivity contribution in [2.45, 2.75) is 97.8 Å². The molecular formula is C69H59NO2. The molecule has 0 aliphatic heterocycles. The zero-order chi connectivity index (χ0) is 49.5. The minimum atomic E-state index is -0.325. The normalized spacial score (nSPS) is 15.5. The topological polar surface area (TPSA) is 29.5 Å². The second kappa shape index (κ2) is 14.3. The van der Waals surface area contributed by atoms with Crippen molar-refractivity contribution in [3.8, 4) is 44.5 Å². The highest BCUT2D eigenvalue weighted by molar-refractivity contribution is 6.21. The largest absolute Gasteiger partial charge is 0.455 e. The molecule has 0 radical (unpaired) electrons. The SMILES string of the molecule is Cc1ccc(N(c2ccc3c(c2)C(C)(C)c2cc(-c4ccccc4C(C)(C)C)c4oc5ccccc5c4c2-3)c2ccc3c(c2)C(C)(C)c2c4c(c5oc6ccccc6c5c2-3)-c2ccccc2C4(C)C)c(C)c1. The minimum absolute atomic E-state index is 0.0587. The molecule has 2 heterocycles. The van der Waals surface area contributed by atoms with Crippen LogP contribution in [0, 0.1) is 13.8 Å². The van der Waals surface area contributed by atoms with Crippen molar-refractivity contribution in [1.29, 1.82) is 0 Å². The molecule has 11 aromatic rings. The lowest BCUT2D eigenvalue weighted by Crippen LogP contribution is -2.24. The molecule has 352 valence electrons. The quantitative estimate of drug-likeness (QED) is 0.176. The number of benzene rings is 9. The number of fused-ring (bicyclic) bond motifs is 19. The van der Waals surface area contributed by atoms with E-state index in [0.29, 0.717) is 0 Å². The Bertz CT molecular complexity index is 4200. The molecule has 0 saturated heterocycles. The van der Waals surface area contributed by atoms with Crippen LogP contribution in [0.4, 0.5) is 17.1 Å². The number of furan rings is 2. The molecule has 3 nitrogen and oxygen atoms in total. The molecule has 14 rings (SSSR count). The third-order valence-electron chi connectivity index (χ3n) is 17.3. The Morgan fingerprint density at radius 2 is 0.944 bits per heavy atom. The molecule has 0 bridgehead atoms. The highest BCUT2D eigenvalue weighted by Gasteiger charge is 2.49. The number of rotatable bonds is 4. The van der Waals surface area contributed by atoms with Crippen LogP contribution < -0.4 is 4.90 Å². The summed E-state index contributed by atoms with van der Waals surface area (Å²) in [7, 11) is 0. The number of aryl methyl sites for hydroxylation is 2.